The van der Waals surface area contributed by atoms with Crippen molar-refractivity contribution in [1.29, 1.82) is 0 Å². The van der Waals surface area contributed by atoms with Crippen molar-refractivity contribution in [2.45, 2.75) is 0 Å². The van der Waals surface area contributed by atoms with Crippen LogP contribution in [0.15, 0.2) is 114 Å². The summed E-state index contributed by atoms with van der Waals surface area (Å²) < 4.78 is 6.28. The van der Waals surface area contributed by atoms with E-state index < -0.39 is 0 Å². The Balaban J connectivity index is 1.56. The molecule has 170 valence electrons. The van der Waals surface area contributed by atoms with Crippen LogP contribution in [0.5, 0.6) is 0 Å². The Bertz CT molecular complexity index is 1840. The summed E-state index contributed by atoms with van der Waals surface area (Å²) in [5.74, 6) is 1.69. The SMILES string of the molecule is Clc1ccc2oc3cc4ccccc4cc3c2c1-c1nc(-c2ccccc2)nc(-c2ccccc2)n1. The predicted octanol–water partition coefficient (Wildman–Crippen LogP) is 8.58. The Labute approximate surface area is 211 Å². The van der Waals surface area contributed by atoms with Gasteiger partial charge in [0.05, 0.1) is 5.02 Å². The maximum atomic E-state index is 6.87. The van der Waals surface area contributed by atoms with E-state index in [4.69, 9.17) is 31.0 Å². The quantitative estimate of drug-likeness (QED) is 0.252. The van der Waals surface area contributed by atoms with Crippen molar-refractivity contribution in [1.82, 2.24) is 15.0 Å². The number of furan rings is 1. The van der Waals surface area contributed by atoms with E-state index >= 15 is 0 Å². The molecule has 0 N–H and O–H groups in total. The van der Waals surface area contributed by atoms with E-state index in [1.54, 1.807) is 0 Å². The zero-order valence-corrected chi connectivity index (χ0v) is 19.8. The number of nitrogens with zero attached hydrogens (tertiary/aromatic N) is 3. The summed E-state index contributed by atoms with van der Waals surface area (Å²) in [6.45, 7) is 0. The van der Waals surface area contributed by atoms with E-state index in [2.05, 4.69) is 24.3 Å². The molecule has 0 aliphatic rings. The number of halogens is 1. The molecule has 0 bridgehead atoms. The van der Waals surface area contributed by atoms with Gasteiger partial charge in [-0.2, -0.15) is 0 Å². The molecule has 0 aliphatic carbocycles. The van der Waals surface area contributed by atoms with Gasteiger partial charge < -0.3 is 4.42 Å². The highest BCUT2D eigenvalue weighted by atomic mass is 35.5. The first-order valence-electron chi connectivity index (χ1n) is 11.7. The molecular weight excluding hydrogens is 466 g/mol. The highest BCUT2D eigenvalue weighted by molar-refractivity contribution is 6.36. The van der Waals surface area contributed by atoms with Crippen LogP contribution in [0.3, 0.4) is 0 Å². The van der Waals surface area contributed by atoms with Gasteiger partial charge in [-0.25, -0.2) is 15.0 Å². The number of aromatic nitrogens is 3. The molecule has 0 fully saturated rings. The second-order valence-corrected chi connectivity index (χ2v) is 9.04. The lowest BCUT2D eigenvalue weighted by molar-refractivity contribution is 0.669. The Morgan fingerprint density at radius 3 is 1.72 bits per heavy atom. The molecule has 2 aromatic heterocycles. The smallest absolute Gasteiger partial charge is 0.166 e. The molecule has 0 saturated heterocycles. The van der Waals surface area contributed by atoms with E-state index in [1.807, 2.05) is 84.9 Å². The van der Waals surface area contributed by atoms with E-state index in [0.29, 0.717) is 22.5 Å². The first-order chi connectivity index (χ1) is 17.7. The molecule has 4 nitrogen and oxygen atoms in total. The van der Waals surface area contributed by atoms with Crippen LogP contribution in [0, 0.1) is 0 Å². The van der Waals surface area contributed by atoms with Gasteiger partial charge in [0.25, 0.3) is 0 Å². The summed E-state index contributed by atoms with van der Waals surface area (Å²) in [6, 6.07) is 36.0. The fourth-order valence-electron chi connectivity index (χ4n) is 4.67. The molecular formula is C31H18ClN3O. The van der Waals surface area contributed by atoms with Crippen LogP contribution >= 0.6 is 11.6 Å². The number of benzene rings is 5. The van der Waals surface area contributed by atoms with Crippen LogP contribution in [0.2, 0.25) is 5.02 Å². The number of rotatable bonds is 3. The van der Waals surface area contributed by atoms with E-state index in [9.17, 15) is 0 Å². The van der Waals surface area contributed by atoms with Crippen LogP contribution < -0.4 is 0 Å². The van der Waals surface area contributed by atoms with Crippen LogP contribution in [0.1, 0.15) is 0 Å². The number of hydrogen-bond donors (Lipinski definition) is 0. The minimum Gasteiger partial charge on any atom is -0.456 e. The monoisotopic (exact) mass is 483 g/mol. The maximum Gasteiger partial charge on any atom is 0.166 e. The number of fused-ring (bicyclic) bond motifs is 4. The molecule has 0 saturated carbocycles. The minimum absolute atomic E-state index is 0.508. The first kappa shape index (κ1) is 20.8. The van der Waals surface area contributed by atoms with Crippen LogP contribution in [-0.2, 0) is 0 Å². The van der Waals surface area contributed by atoms with Gasteiger partial charge in [-0.05, 0) is 35.0 Å². The third-order valence-corrected chi connectivity index (χ3v) is 6.69. The largest absolute Gasteiger partial charge is 0.456 e. The summed E-state index contributed by atoms with van der Waals surface area (Å²) in [5.41, 5.74) is 4.09. The van der Waals surface area contributed by atoms with Gasteiger partial charge in [0, 0.05) is 27.5 Å². The molecule has 2 heterocycles. The van der Waals surface area contributed by atoms with Gasteiger partial charge in [0.2, 0.25) is 0 Å². The van der Waals surface area contributed by atoms with Gasteiger partial charge in [-0.3, -0.25) is 0 Å². The summed E-state index contributed by atoms with van der Waals surface area (Å²) in [7, 11) is 0. The minimum atomic E-state index is 0.508. The van der Waals surface area contributed by atoms with E-state index in [0.717, 1.165) is 49.4 Å². The van der Waals surface area contributed by atoms with Crippen LogP contribution in [-0.4, -0.2) is 15.0 Å². The fourth-order valence-corrected chi connectivity index (χ4v) is 4.91. The van der Waals surface area contributed by atoms with Crippen molar-refractivity contribution in [2.24, 2.45) is 0 Å². The highest BCUT2D eigenvalue weighted by Gasteiger charge is 2.20. The van der Waals surface area contributed by atoms with Crippen LogP contribution in [0.4, 0.5) is 0 Å². The third-order valence-electron chi connectivity index (χ3n) is 6.38. The van der Waals surface area contributed by atoms with E-state index in [-0.39, 0.29) is 0 Å². The third kappa shape index (κ3) is 3.43. The molecule has 7 rings (SSSR count). The number of hydrogen-bond acceptors (Lipinski definition) is 4. The van der Waals surface area contributed by atoms with Gasteiger partial charge in [0.1, 0.15) is 11.2 Å². The Morgan fingerprint density at radius 2 is 1.08 bits per heavy atom. The van der Waals surface area contributed by atoms with Crippen molar-refractivity contribution in [3.63, 3.8) is 0 Å². The zero-order valence-electron chi connectivity index (χ0n) is 19.0. The summed E-state index contributed by atoms with van der Waals surface area (Å²) in [6.07, 6.45) is 0. The topological polar surface area (TPSA) is 51.8 Å². The Morgan fingerprint density at radius 1 is 0.528 bits per heavy atom. The second-order valence-electron chi connectivity index (χ2n) is 8.63. The highest BCUT2D eigenvalue weighted by Crippen LogP contribution is 2.41. The first-order valence-corrected chi connectivity index (χ1v) is 12.0. The zero-order chi connectivity index (χ0) is 24.1. The van der Waals surface area contributed by atoms with Gasteiger partial charge in [0.15, 0.2) is 17.5 Å². The Hall–Kier alpha value is -4.54. The lowest BCUT2D eigenvalue weighted by Gasteiger charge is -2.10. The molecule has 36 heavy (non-hydrogen) atoms. The molecule has 0 amide bonds. The van der Waals surface area contributed by atoms with Crippen molar-refractivity contribution in [3.05, 3.63) is 114 Å². The van der Waals surface area contributed by atoms with Crippen molar-refractivity contribution in [3.8, 4) is 34.2 Å². The lowest BCUT2D eigenvalue weighted by Crippen LogP contribution is -2.00. The summed E-state index contributed by atoms with van der Waals surface area (Å²) in [4.78, 5) is 14.6. The maximum absolute atomic E-state index is 6.87. The van der Waals surface area contributed by atoms with Crippen molar-refractivity contribution < 1.29 is 4.42 Å². The molecule has 0 spiro atoms. The van der Waals surface area contributed by atoms with Crippen molar-refractivity contribution in [2.75, 3.05) is 0 Å². The summed E-state index contributed by atoms with van der Waals surface area (Å²) in [5, 5.41) is 4.68. The average Bonchev–Trinajstić information content (AvgIpc) is 3.29. The van der Waals surface area contributed by atoms with Gasteiger partial charge >= 0.3 is 0 Å². The molecule has 0 unspecified atom stereocenters. The van der Waals surface area contributed by atoms with Gasteiger partial charge in [-0.1, -0.05) is 96.5 Å². The Kier molecular flexibility index (Phi) is 4.79. The molecule has 5 heteroatoms. The molecule has 0 aliphatic heterocycles. The standard InChI is InChI=1S/C31H18ClN3O/c32-24-15-16-25-27(23-17-21-13-7-8-14-22(21)18-26(23)36-25)28(24)31-34-29(19-9-3-1-4-10-19)33-30(35-31)20-11-5-2-6-12-20/h1-18H. The lowest BCUT2D eigenvalue weighted by atomic mass is 10.0. The molecule has 0 atom stereocenters. The molecule has 0 radical (unpaired) electrons. The molecule has 7 aromatic rings. The average molecular weight is 484 g/mol. The fraction of sp³-hybridized carbons (Fsp3) is 0. The van der Waals surface area contributed by atoms with Crippen LogP contribution in [0.25, 0.3) is 66.9 Å². The second kappa shape index (κ2) is 8.29. The summed E-state index contributed by atoms with van der Waals surface area (Å²) >= 11 is 6.87. The molecule has 5 aromatic carbocycles. The predicted molar refractivity (Wildman–Crippen MR) is 146 cm³/mol. The van der Waals surface area contributed by atoms with E-state index in [1.165, 1.54) is 0 Å². The van der Waals surface area contributed by atoms with Gasteiger partial charge in [-0.15, -0.1) is 0 Å². The van der Waals surface area contributed by atoms with Crippen molar-refractivity contribution >= 4 is 44.3 Å². The normalized spacial score (nSPS) is 11.5.